The van der Waals surface area contributed by atoms with Crippen LogP contribution in [0.4, 0.5) is 5.69 Å². The molecule has 2 heterocycles. The fraction of sp³-hybridized carbons (Fsp3) is 0.520. The Morgan fingerprint density at radius 1 is 1.15 bits per heavy atom. The van der Waals surface area contributed by atoms with Crippen LogP contribution in [0.25, 0.3) is 0 Å². The first-order valence-corrected chi connectivity index (χ1v) is 11.8. The summed E-state index contributed by atoms with van der Waals surface area (Å²) in [5.41, 5.74) is 0.816. The number of carbonyl (C=O) groups is 3. The zero-order chi connectivity index (χ0) is 23.6. The van der Waals surface area contributed by atoms with Gasteiger partial charge in [-0.05, 0) is 45.7 Å². The Hall–Kier alpha value is -3.16. The average molecular weight is 453 g/mol. The molecule has 1 aromatic carbocycles. The lowest BCUT2D eigenvalue weighted by Crippen LogP contribution is -2.65. The maximum Gasteiger partial charge on any atom is 0.358 e. The van der Waals surface area contributed by atoms with Gasteiger partial charge in [0, 0.05) is 17.8 Å². The summed E-state index contributed by atoms with van der Waals surface area (Å²) in [6.45, 7) is 5.81. The van der Waals surface area contributed by atoms with Crippen LogP contribution in [0.5, 0.6) is 0 Å². The molecule has 1 aliphatic carbocycles. The number of nitrogens with one attached hydrogen (secondary N) is 1. The van der Waals surface area contributed by atoms with Crippen molar-refractivity contribution in [1.29, 1.82) is 0 Å². The van der Waals surface area contributed by atoms with Crippen molar-refractivity contribution in [1.82, 2.24) is 15.1 Å². The summed E-state index contributed by atoms with van der Waals surface area (Å²) in [5.74, 6) is -1.16. The normalized spacial score (nSPS) is 21.3. The molecule has 0 unspecified atom stereocenters. The summed E-state index contributed by atoms with van der Waals surface area (Å²) in [4.78, 5) is 41.2. The van der Waals surface area contributed by atoms with Gasteiger partial charge in [0.2, 0.25) is 5.91 Å². The molecule has 1 saturated carbocycles. The Morgan fingerprint density at radius 3 is 2.45 bits per heavy atom. The van der Waals surface area contributed by atoms with Crippen molar-refractivity contribution in [2.24, 2.45) is 0 Å². The van der Waals surface area contributed by atoms with E-state index in [9.17, 15) is 14.4 Å². The number of amides is 2. The number of hydrogen-bond acceptors (Lipinski definition) is 5. The molecule has 2 amide bonds. The summed E-state index contributed by atoms with van der Waals surface area (Å²) in [6, 6.07) is 9.08. The maximum atomic E-state index is 13.7. The smallest absolute Gasteiger partial charge is 0.358 e. The van der Waals surface area contributed by atoms with Crippen molar-refractivity contribution in [3.05, 3.63) is 47.3 Å². The van der Waals surface area contributed by atoms with E-state index < -0.39 is 11.5 Å². The van der Waals surface area contributed by atoms with Crippen molar-refractivity contribution in [3.63, 3.8) is 0 Å². The Bertz CT molecular complexity index is 1040. The summed E-state index contributed by atoms with van der Waals surface area (Å²) >= 11 is 0. The number of aryl methyl sites for hydroxylation is 1. The highest BCUT2D eigenvalue weighted by molar-refractivity contribution is 6.12. The van der Waals surface area contributed by atoms with Gasteiger partial charge in [-0.2, -0.15) is 5.10 Å². The van der Waals surface area contributed by atoms with Gasteiger partial charge in [0.15, 0.2) is 5.69 Å². The SMILES string of the molecule is CCOC(=O)c1cc2n(n1)C[C@](C)(C(=O)NC1CCCCCC1)N(c1ccc(C)cc1)C2=O. The summed E-state index contributed by atoms with van der Waals surface area (Å²) in [6.07, 6.45) is 6.44. The van der Waals surface area contributed by atoms with Gasteiger partial charge in [0.1, 0.15) is 11.2 Å². The summed E-state index contributed by atoms with van der Waals surface area (Å²) in [5, 5.41) is 7.53. The zero-order valence-corrected chi connectivity index (χ0v) is 19.6. The monoisotopic (exact) mass is 452 g/mol. The van der Waals surface area contributed by atoms with Crippen LogP contribution in [0, 0.1) is 6.92 Å². The number of carbonyl (C=O) groups excluding carboxylic acids is 3. The Labute approximate surface area is 194 Å². The molecule has 1 N–H and O–H groups in total. The third kappa shape index (κ3) is 4.51. The number of anilines is 1. The number of fused-ring (bicyclic) bond motifs is 1. The van der Waals surface area contributed by atoms with Gasteiger partial charge in [0.05, 0.1) is 13.2 Å². The van der Waals surface area contributed by atoms with E-state index in [1.165, 1.54) is 23.6 Å². The molecular weight excluding hydrogens is 420 g/mol. The number of rotatable bonds is 5. The third-order valence-electron chi connectivity index (χ3n) is 6.61. The molecule has 0 saturated heterocycles. The van der Waals surface area contributed by atoms with Crippen LogP contribution in [0.2, 0.25) is 0 Å². The van der Waals surface area contributed by atoms with Crippen molar-refractivity contribution in [2.45, 2.75) is 77.4 Å². The Balaban J connectivity index is 1.72. The van der Waals surface area contributed by atoms with E-state index in [0.29, 0.717) is 5.69 Å². The second-order valence-corrected chi connectivity index (χ2v) is 9.20. The largest absolute Gasteiger partial charge is 0.461 e. The van der Waals surface area contributed by atoms with E-state index in [0.717, 1.165) is 31.2 Å². The summed E-state index contributed by atoms with van der Waals surface area (Å²) < 4.78 is 6.52. The van der Waals surface area contributed by atoms with Gasteiger partial charge in [-0.25, -0.2) is 4.79 Å². The number of aromatic nitrogens is 2. The molecule has 4 rings (SSSR count). The number of nitrogens with zero attached hydrogens (tertiary/aromatic N) is 3. The molecule has 1 aliphatic heterocycles. The van der Waals surface area contributed by atoms with Gasteiger partial charge < -0.3 is 10.1 Å². The van der Waals surface area contributed by atoms with Crippen LogP contribution in [-0.4, -0.2) is 45.8 Å². The fourth-order valence-electron chi connectivity index (χ4n) is 4.75. The van der Waals surface area contributed by atoms with E-state index in [-0.39, 0.29) is 42.4 Å². The van der Waals surface area contributed by atoms with Gasteiger partial charge in [-0.15, -0.1) is 0 Å². The highest BCUT2D eigenvalue weighted by Gasteiger charge is 2.49. The molecule has 0 spiro atoms. The molecule has 8 heteroatoms. The van der Waals surface area contributed by atoms with E-state index in [2.05, 4.69) is 10.4 Å². The lowest BCUT2D eigenvalue weighted by atomic mass is 9.93. The molecule has 1 aromatic heterocycles. The minimum absolute atomic E-state index is 0.0671. The van der Waals surface area contributed by atoms with Crippen molar-refractivity contribution >= 4 is 23.5 Å². The topological polar surface area (TPSA) is 93.5 Å². The average Bonchev–Trinajstić information content (AvgIpc) is 3.04. The van der Waals surface area contributed by atoms with Gasteiger partial charge in [-0.1, -0.05) is 43.4 Å². The van der Waals surface area contributed by atoms with E-state index >= 15 is 0 Å². The van der Waals surface area contributed by atoms with Crippen molar-refractivity contribution < 1.29 is 19.1 Å². The standard InChI is InChI=1S/C25H32N4O4/c1-4-33-23(31)20-15-21-22(30)29(19-13-11-17(2)12-14-19)25(3,16-28(21)27-20)24(32)26-18-9-7-5-6-8-10-18/h11-15,18H,4-10,16H2,1-3H3,(H,26,32)/t25-/m1/s1. The van der Waals surface area contributed by atoms with Gasteiger partial charge in [0.25, 0.3) is 5.91 Å². The maximum absolute atomic E-state index is 13.7. The lowest BCUT2D eigenvalue weighted by Gasteiger charge is -2.43. The van der Waals surface area contributed by atoms with Gasteiger partial charge >= 0.3 is 5.97 Å². The van der Waals surface area contributed by atoms with Crippen LogP contribution in [0.1, 0.15) is 78.9 Å². The fourth-order valence-corrected chi connectivity index (χ4v) is 4.75. The Kier molecular flexibility index (Phi) is 6.54. The lowest BCUT2D eigenvalue weighted by molar-refractivity contribution is -0.127. The molecular formula is C25H32N4O4. The third-order valence-corrected chi connectivity index (χ3v) is 6.61. The van der Waals surface area contributed by atoms with Crippen LogP contribution >= 0.6 is 0 Å². The highest BCUT2D eigenvalue weighted by atomic mass is 16.5. The molecule has 2 aliphatic rings. The quantitative estimate of drug-likeness (QED) is 0.552. The second kappa shape index (κ2) is 9.37. The van der Waals surface area contributed by atoms with Crippen LogP contribution in [0.3, 0.4) is 0 Å². The van der Waals surface area contributed by atoms with E-state index in [1.807, 2.05) is 31.2 Å². The molecule has 33 heavy (non-hydrogen) atoms. The zero-order valence-electron chi connectivity index (χ0n) is 19.6. The first-order valence-electron chi connectivity index (χ1n) is 11.8. The predicted molar refractivity (Wildman–Crippen MR) is 124 cm³/mol. The number of ether oxygens (including phenoxy) is 1. The second-order valence-electron chi connectivity index (χ2n) is 9.20. The van der Waals surface area contributed by atoms with Gasteiger partial charge in [-0.3, -0.25) is 19.2 Å². The van der Waals surface area contributed by atoms with E-state index in [4.69, 9.17) is 4.74 Å². The highest BCUT2D eigenvalue weighted by Crippen LogP contribution is 2.33. The molecule has 1 atom stereocenters. The van der Waals surface area contributed by atoms with E-state index in [1.54, 1.807) is 18.7 Å². The number of esters is 1. The Morgan fingerprint density at radius 2 is 1.82 bits per heavy atom. The summed E-state index contributed by atoms with van der Waals surface area (Å²) in [7, 11) is 0. The van der Waals surface area contributed by atoms with Crippen LogP contribution < -0.4 is 10.2 Å². The predicted octanol–water partition coefficient (Wildman–Crippen LogP) is 3.63. The molecule has 8 nitrogen and oxygen atoms in total. The first kappa shape index (κ1) is 23.0. The van der Waals surface area contributed by atoms with Crippen molar-refractivity contribution in [2.75, 3.05) is 11.5 Å². The minimum Gasteiger partial charge on any atom is -0.461 e. The first-order chi connectivity index (χ1) is 15.8. The molecule has 1 fully saturated rings. The molecule has 2 aromatic rings. The molecule has 0 radical (unpaired) electrons. The molecule has 0 bridgehead atoms. The minimum atomic E-state index is -1.20. The van der Waals surface area contributed by atoms with Crippen LogP contribution in [-0.2, 0) is 16.1 Å². The molecule has 176 valence electrons. The number of benzene rings is 1. The number of hydrogen-bond donors (Lipinski definition) is 1. The van der Waals surface area contributed by atoms with Crippen molar-refractivity contribution in [3.8, 4) is 0 Å². The van der Waals surface area contributed by atoms with Crippen LogP contribution in [0.15, 0.2) is 30.3 Å².